The molecule has 2 aromatic rings. The maximum absolute atomic E-state index is 2.75. The largest absolute Gasteiger partial charge is 0.302 e. The highest BCUT2D eigenvalue weighted by atomic mass is 32.2. The van der Waals surface area contributed by atoms with E-state index in [-0.39, 0.29) is 0 Å². The summed E-state index contributed by atoms with van der Waals surface area (Å²) < 4.78 is 0.368. The summed E-state index contributed by atoms with van der Waals surface area (Å²) in [4.78, 5) is 2.75. The Bertz CT molecular complexity index is 769. The van der Waals surface area contributed by atoms with E-state index in [2.05, 4.69) is 83.0 Å². The van der Waals surface area contributed by atoms with Crippen molar-refractivity contribution in [3.63, 3.8) is 0 Å². The van der Waals surface area contributed by atoms with Crippen LogP contribution in [0.1, 0.15) is 36.0 Å². The van der Waals surface area contributed by atoms with Crippen molar-refractivity contribution in [1.82, 2.24) is 4.90 Å². The van der Waals surface area contributed by atoms with Gasteiger partial charge in [0.25, 0.3) is 0 Å². The third kappa shape index (κ3) is 3.83. The molecule has 0 bridgehead atoms. The predicted molar refractivity (Wildman–Crippen MR) is 120 cm³/mol. The highest BCUT2D eigenvalue weighted by Gasteiger charge is 2.46. The smallest absolute Gasteiger partial charge is 0.0869 e. The molecule has 0 radical (unpaired) electrons. The first-order chi connectivity index (χ1) is 13.3. The van der Waals surface area contributed by atoms with E-state index in [9.17, 15) is 0 Å². The highest BCUT2D eigenvalue weighted by molar-refractivity contribution is 8.21. The van der Waals surface area contributed by atoms with Gasteiger partial charge < -0.3 is 4.90 Å². The summed E-state index contributed by atoms with van der Waals surface area (Å²) in [7, 11) is 0. The van der Waals surface area contributed by atoms with Gasteiger partial charge in [0.15, 0.2) is 0 Å². The van der Waals surface area contributed by atoms with Gasteiger partial charge in [0.2, 0.25) is 0 Å². The average Bonchev–Trinajstić information content (AvgIpc) is 3.29. The topological polar surface area (TPSA) is 3.24 Å². The summed E-state index contributed by atoms with van der Waals surface area (Å²) >= 11 is 4.51. The van der Waals surface area contributed by atoms with Gasteiger partial charge in [-0.25, -0.2) is 0 Å². The number of likely N-dealkylation sites (tertiary alicyclic amines) is 1. The Kier molecular flexibility index (Phi) is 5.28. The van der Waals surface area contributed by atoms with Crippen LogP contribution in [0, 0.1) is 5.92 Å². The van der Waals surface area contributed by atoms with Crippen LogP contribution in [0.2, 0.25) is 0 Å². The molecule has 1 nitrogen and oxygen atoms in total. The molecule has 2 fully saturated rings. The van der Waals surface area contributed by atoms with Crippen molar-refractivity contribution in [1.29, 1.82) is 0 Å². The number of hydrogen-bond acceptors (Lipinski definition) is 3. The number of aryl methyl sites for hydroxylation is 1. The molecule has 0 amide bonds. The molecule has 5 rings (SSSR count). The fourth-order valence-electron chi connectivity index (χ4n) is 5.08. The summed E-state index contributed by atoms with van der Waals surface area (Å²) in [6.07, 6.45) is 6.61. The van der Waals surface area contributed by atoms with Gasteiger partial charge in [0.1, 0.15) is 0 Å². The van der Waals surface area contributed by atoms with Gasteiger partial charge in [-0.3, -0.25) is 0 Å². The Morgan fingerprint density at radius 2 is 1.74 bits per heavy atom. The van der Waals surface area contributed by atoms with E-state index in [1.807, 2.05) is 0 Å². The summed E-state index contributed by atoms with van der Waals surface area (Å²) in [6, 6.07) is 20.2. The first kappa shape index (κ1) is 18.1. The first-order valence-corrected chi connectivity index (χ1v) is 12.3. The van der Waals surface area contributed by atoms with E-state index >= 15 is 0 Å². The van der Waals surface area contributed by atoms with Gasteiger partial charge in [0.05, 0.1) is 4.08 Å². The summed E-state index contributed by atoms with van der Waals surface area (Å²) in [6.45, 7) is 3.88. The molecule has 2 saturated heterocycles. The summed E-state index contributed by atoms with van der Waals surface area (Å²) in [5.74, 6) is 2.20. The fourth-order valence-corrected chi connectivity index (χ4v) is 8.97. The van der Waals surface area contributed by atoms with Crippen molar-refractivity contribution in [2.45, 2.75) is 41.4 Å². The molecule has 2 aromatic carbocycles. The lowest BCUT2D eigenvalue weighted by atomic mass is 9.90. The number of benzene rings is 2. The molecular weight excluding hydrogens is 366 g/mol. The first-order valence-electron chi connectivity index (χ1n) is 10.5. The van der Waals surface area contributed by atoms with Crippen LogP contribution in [0.4, 0.5) is 0 Å². The highest BCUT2D eigenvalue weighted by Crippen LogP contribution is 2.61. The van der Waals surface area contributed by atoms with Gasteiger partial charge in [0, 0.05) is 17.5 Å². The van der Waals surface area contributed by atoms with E-state index in [4.69, 9.17) is 0 Å². The van der Waals surface area contributed by atoms with Crippen LogP contribution in [0.5, 0.6) is 0 Å². The molecule has 0 saturated carbocycles. The Morgan fingerprint density at radius 3 is 2.59 bits per heavy atom. The zero-order valence-electron chi connectivity index (χ0n) is 16.0. The standard InChI is InChI=1S/C24H29NS2/c1-2-6-19(7-3-1)16-20-11-14-25(15-12-20)17-22-18-26-24(27-22)13-10-21-8-4-5-9-23(21)24/h1-9,20,22H,10-18H2/t22-,24-/m1/s1. The minimum Gasteiger partial charge on any atom is -0.302 e. The van der Waals surface area contributed by atoms with Crippen LogP contribution < -0.4 is 0 Å². The van der Waals surface area contributed by atoms with E-state index in [0.29, 0.717) is 4.08 Å². The Hall–Kier alpha value is -0.900. The second kappa shape index (κ2) is 7.85. The fraction of sp³-hybridized carbons (Fsp3) is 0.500. The molecule has 2 aliphatic heterocycles. The van der Waals surface area contributed by atoms with Crippen LogP contribution in [0.25, 0.3) is 0 Å². The molecule has 0 unspecified atom stereocenters. The van der Waals surface area contributed by atoms with Gasteiger partial charge in [-0.05, 0) is 67.8 Å². The predicted octanol–water partition coefficient (Wildman–Crippen LogP) is 5.59. The molecule has 1 aliphatic carbocycles. The SMILES string of the molecule is c1ccc(CC2CCN(C[C@@H]3CS[C@]4(CCc5ccccc54)S3)CC2)cc1. The van der Waals surface area contributed by atoms with Crippen molar-refractivity contribution in [3.05, 3.63) is 71.3 Å². The van der Waals surface area contributed by atoms with Crippen molar-refractivity contribution >= 4 is 23.5 Å². The monoisotopic (exact) mass is 395 g/mol. The minimum absolute atomic E-state index is 0.368. The molecule has 0 aromatic heterocycles. The van der Waals surface area contributed by atoms with Crippen LogP contribution in [-0.4, -0.2) is 35.5 Å². The second-order valence-corrected chi connectivity index (χ2v) is 11.6. The third-order valence-corrected chi connectivity index (χ3v) is 10.3. The van der Waals surface area contributed by atoms with E-state index in [0.717, 1.165) is 11.2 Å². The van der Waals surface area contributed by atoms with E-state index in [1.165, 1.54) is 63.1 Å². The van der Waals surface area contributed by atoms with Crippen LogP contribution in [0.3, 0.4) is 0 Å². The molecule has 3 aliphatic rings. The molecule has 27 heavy (non-hydrogen) atoms. The Balaban J connectivity index is 1.13. The number of thioether (sulfide) groups is 2. The molecule has 1 spiro atoms. The second-order valence-electron chi connectivity index (χ2n) is 8.39. The van der Waals surface area contributed by atoms with Crippen molar-refractivity contribution in [2.75, 3.05) is 25.4 Å². The minimum atomic E-state index is 0.368. The Labute approximate surface area is 172 Å². The molecular formula is C24H29NS2. The summed E-state index contributed by atoms with van der Waals surface area (Å²) in [5, 5.41) is 0.798. The number of fused-ring (bicyclic) bond motifs is 2. The lowest BCUT2D eigenvalue weighted by molar-refractivity contribution is 0.186. The normalized spacial score (nSPS) is 28.7. The summed E-state index contributed by atoms with van der Waals surface area (Å²) in [5.41, 5.74) is 4.74. The van der Waals surface area contributed by atoms with Crippen LogP contribution >= 0.6 is 23.5 Å². The van der Waals surface area contributed by atoms with Gasteiger partial charge in [-0.1, -0.05) is 54.6 Å². The molecule has 3 heteroatoms. The average molecular weight is 396 g/mol. The molecule has 2 heterocycles. The van der Waals surface area contributed by atoms with Crippen molar-refractivity contribution in [2.24, 2.45) is 5.92 Å². The number of hydrogen-bond donors (Lipinski definition) is 0. The Morgan fingerprint density at radius 1 is 0.963 bits per heavy atom. The van der Waals surface area contributed by atoms with Gasteiger partial charge in [-0.2, -0.15) is 0 Å². The van der Waals surface area contributed by atoms with Gasteiger partial charge >= 0.3 is 0 Å². The number of rotatable bonds is 4. The molecule has 142 valence electrons. The number of piperidine rings is 1. The zero-order valence-corrected chi connectivity index (χ0v) is 17.6. The third-order valence-electron chi connectivity index (χ3n) is 6.55. The lowest BCUT2D eigenvalue weighted by Gasteiger charge is -2.33. The van der Waals surface area contributed by atoms with Crippen molar-refractivity contribution < 1.29 is 0 Å². The van der Waals surface area contributed by atoms with E-state index in [1.54, 1.807) is 11.1 Å². The molecule has 0 N–H and O–H groups in total. The van der Waals surface area contributed by atoms with Crippen LogP contribution in [0.15, 0.2) is 54.6 Å². The zero-order chi connectivity index (χ0) is 18.1. The maximum Gasteiger partial charge on any atom is 0.0869 e. The molecule has 2 atom stereocenters. The van der Waals surface area contributed by atoms with Crippen molar-refractivity contribution in [3.8, 4) is 0 Å². The number of nitrogens with zero attached hydrogens (tertiary/aromatic N) is 1. The van der Waals surface area contributed by atoms with Gasteiger partial charge in [-0.15, -0.1) is 23.5 Å². The van der Waals surface area contributed by atoms with E-state index < -0.39 is 0 Å². The van der Waals surface area contributed by atoms with Crippen LogP contribution in [-0.2, 0) is 16.9 Å². The quantitative estimate of drug-likeness (QED) is 0.664. The maximum atomic E-state index is 2.75. The lowest BCUT2D eigenvalue weighted by Crippen LogP contribution is -2.38.